The van der Waals surface area contributed by atoms with Crippen LogP contribution in [-0.2, 0) is 0 Å². The molecule has 3 aromatic rings. The van der Waals surface area contributed by atoms with Crippen molar-refractivity contribution >= 4 is 22.5 Å². The second kappa shape index (κ2) is 8.11. The molecule has 2 heterocycles. The molecule has 0 saturated carbocycles. The van der Waals surface area contributed by atoms with E-state index in [1.54, 1.807) is 11.1 Å². The minimum absolute atomic E-state index is 0.0939. The van der Waals surface area contributed by atoms with Gasteiger partial charge in [0.05, 0.1) is 16.8 Å². The first-order valence-electron chi connectivity index (χ1n) is 10.1. The molecule has 1 aromatic heterocycles. The summed E-state index contributed by atoms with van der Waals surface area (Å²) in [5.41, 5.74) is 5.04. The second-order valence-corrected chi connectivity index (χ2v) is 7.75. The SMILES string of the molecule is Cc1cc(C)c2ncc(C#N)c(N3CCCN(C(=O)c4ccc(F)cc4)CC3)c2c1. The minimum Gasteiger partial charge on any atom is -0.368 e. The van der Waals surface area contributed by atoms with E-state index in [9.17, 15) is 14.4 Å². The summed E-state index contributed by atoms with van der Waals surface area (Å²) in [4.78, 5) is 21.4. The summed E-state index contributed by atoms with van der Waals surface area (Å²) in [6.07, 6.45) is 2.43. The molecule has 5 nitrogen and oxygen atoms in total. The van der Waals surface area contributed by atoms with Crippen LogP contribution in [0.3, 0.4) is 0 Å². The van der Waals surface area contributed by atoms with Gasteiger partial charge in [-0.05, 0) is 56.2 Å². The second-order valence-electron chi connectivity index (χ2n) is 7.75. The normalized spacial score (nSPS) is 14.5. The molecular formula is C24H23FN4O. The fourth-order valence-electron chi connectivity index (χ4n) is 4.19. The number of fused-ring (bicyclic) bond motifs is 1. The van der Waals surface area contributed by atoms with Crippen molar-refractivity contribution in [1.82, 2.24) is 9.88 Å². The highest BCUT2D eigenvalue weighted by atomic mass is 19.1. The Morgan fingerprint density at radius 3 is 2.60 bits per heavy atom. The summed E-state index contributed by atoms with van der Waals surface area (Å²) in [5, 5.41) is 10.7. The summed E-state index contributed by atoms with van der Waals surface area (Å²) in [7, 11) is 0. The summed E-state index contributed by atoms with van der Waals surface area (Å²) >= 11 is 0. The lowest BCUT2D eigenvalue weighted by atomic mass is 10.0. The van der Waals surface area contributed by atoms with Gasteiger partial charge >= 0.3 is 0 Å². The first kappa shape index (κ1) is 19.8. The number of carbonyl (C=O) groups is 1. The third-order valence-electron chi connectivity index (χ3n) is 5.59. The zero-order valence-electron chi connectivity index (χ0n) is 17.2. The Balaban J connectivity index is 1.65. The van der Waals surface area contributed by atoms with Gasteiger partial charge in [0.25, 0.3) is 5.91 Å². The Kier molecular flexibility index (Phi) is 5.37. The molecule has 1 amide bonds. The molecule has 0 bridgehead atoms. The number of hydrogen-bond donors (Lipinski definition) is 0. The monoisotopic (exact) mass is 402 g/mol. The molecule has 1 fully saturated rings. The topological polar surface area (TPSA) is 60.2 Å². The Morgan fingerprint density at radius 1 is 1.10 bits per heavy atom. The number of aromatic nitrogens is 1. The van der Waals surface area contributed by atoms with E-state index < -0.39 is 0 Å². The van der Waals surface area contributed by atoms with Gasteiger partial charge in [-0.2, -0.15) is 5.26 Å². The number of halogens is 1. The first-order valence-corrected chi connectivity index (χ1v) is 10.1. The van der Waals surface area contributed by atoms with Gasteiger partial charge in [-0.3, -0.25) is 9.78 Å². The number of benzene rings is 2. The highest BCUT2D eigenvalue weighted by Gasteiger charge is 2.23. The lowest BCUT2D eigenvalue weighted by molar-refractivity contribution is 0.0767. The van der Waals surface area contributed by atoms with Crippen molar-refractivity contribution in [2.24, 2.45) is 0 Å². The van der Waals surface area contributed by atoms with Crippen LogP contribution in [0.5, 0.6) is 0 Å². The Bertz CT molecular complexity index is 1150. The maximum atomic E-state index is 13.2. The Hall–Kier alpha value is -3.46. The summed E-state index contributed by atoms with van der Waals surface area (Å²) in [5.74, 6) is -0.448. The van der Waals surface area contributed by atoms with Crippen LogP contribution < -0.4 is 4.90 Å². The molecule has 0 spiro atoms. The number of nitrogens with zero attached hydrogens (tertiary/aromatic N) is 4. The average molecular weight is 402 g/mol. The Labute approximate surface area is 175 Å². The fourth-order valence-corrected chi connectivity index (χ4v) is 4.19. The number of nitriles is 1. The van der Waals surface area contributed by atoms with Gasteiger partial charge in [-0.25, -0.2) is 4.39 Å². The zero-order chi connectivity index (χ0) is 21.3. The molecule has 0 unspecified atom stereocenters. The average Bonchev–Trinajstić information content (AvgIpc) is 2.99. The molecule has 1 saturated heterocycles. The summed E-state index contributed by atoms with van der Waals surface area (Å²) < 4.78 is 13.2. The van der Waals surface area contributed by atoms with Crippen molar-refractivity contribution in [3.8, 4) is 6.07 Å². The van der Waals surface area contributed by atoms with E-state index in [0.29, 0.717) is 30.8 Å². The van der Waals surface area contributed by atoms with Crippen LogP contribution >= 0.6 is 0 Å². The quantitative estimate of drug-likeness (QED) is 0.644. The van der Waals surface area contributed by atoms with Gasteiger partial charge in [0.15, 0.2) is 0 Å². The molecule has 152 valence electrons. The molecule has 0 aliphatic carbocycles. The van der Waals surface area contributed by atoms with E-state index in [1.165, 1.54) is 24.3 Å². The van der Waals surface area contributed by atoms with Crippen molar-refractivity contribution in [2.75, 3.05) is 31.1 Å². The van der Waals surface area contributed by atoms with Crippen LogP contribution in [0.4, 0.5) is 10.1 Å². The molecular weight excluding hydrogens is 379 g/mol. The van der Waals surface area contributed by atoms with E-state index in [1.807, 2.05) is 13.8 Å². The molecule has 4 rings (SSSR count). The van der Waals surface area contributed by atoms with Crippen LogP contribution in [0.25, 0.3) is 10.9 Å². The van der Waals surface area contributed by atoms with E-state index in [4.69, 9.17) is 0 Å². The summed E-state index contributed by atoms with van der Waals surface area (Å²) in [6, 6.07) is 12.1. The predicted molar refractivity (Wildman–Crippen MR) is 115 cm³/mol. The number of aryl methyl sites for hydroxylation is 2. The smallest absolute Gasteiger partial charge is 0.253 e. The van der Waals surface area contributed by atoms with E-state index in [0.717, 1.165) is 40.7 Å². The first-order chi connectivity index (χ1) is 14.5. The minimum atomic E-state index is -0.354. The molecule has 1 aliphatic rings. The van der Waals surface area contributed by atoms with Crippen LogP contribution in [-0.4, -0.2) is 42.0 Å². The van der Waals surface area contributed by atoms with Crippen molar-refractivity contribution in [1.29, 1.82) is 5.26 Å². The van der Waals surface area contributed by atoms with Gasteiger partial charge in [0.1, 0.15) is 11.9 Å². The number of pyridine rings is 1. The van der Waals surface area contributed by atoms with Crippen molar-refractivity contribution in [2.45, 2.75) is 20.3 Å². The highest BCUT2D eigenvalue weighted by molar-refractivity contribution is 5.97. The van der Waals surface area contributed by atoms with Crippen LogP contribution in [0.15, 0.2) is 42.6 Å². The van der Waals surface area contributed by atoms with E-state index >= 15 is 0 Å². The number of rotatable bonds is 2. The third-order valence-corrected chi connectivity index (χ3v) is 5.59. The van der Waals surface area contributed by atoms with Crippen molar-refractivity contribution in [3.63, 3.8) is 0 Å². The van der Waals surface area contributed by atoms with Gasteiger partial charge in [0.2, 0.25) is 0 Å². The molecule has 6 heteroatoms. The standard InChI is InChI=1S/C24H23FN4O/c1-16-12-17(2)22-21(13-16)23(19(14-26)15-27-22)28-8-3-9-29(11-10-28)24(30)18-4-6-20(25)7-5-18/h4-7,12-13,15H,3,8-11H2,1-2H3. The van der Waals surface area contributed by atoms with Crippen molar-refractivity contribution < 1.29 is 9.18 Å². The van der Waals surface area contributed by atoms with E-state index in [2.05, 4.69) is 28.1 Å². The zero-order valence-corrected chi connectivity index (χ0v) is 17.2. The number of hydrogen-bond acceptors (Lipinski definition) is 4. The maximum Gasteiger partial charge on any atom is 0.253 e. The van der Waals surface area contributed by atoms with Crippen LogP contribution in [0.2, 0.25) is 0 Å². The largest absolute Gasteiger partial charge is 0.368 e. The van der Waals surface area contributed by atoms with Gasteiger partial charge in [0, 0.05) is 43.3 Å². The number of carbonyl (C=O) groups excluding carboxylic acids is 1. The number of amides is 1. The summed E-state index contributed by atoms with van der Waals surface area (Å²) in [6.45, 7) is 6.59. The van der Waals surface area contributed by atoms with Gasteiger partial charge in [-0.1, -0.05) is 11.6 Å². The molecule has 1 aliphatic heterocycles. The maximum absolute atomic E-state index is 13.2. The highest BCUT2D eigenvalue weighted by Crippen LogP contribution is 2.32. The third kappa shape index (κ3) is 3.71. The van der Waals surface area contributed by atoms with Crippen molar-refractivity contribution in [3.05, 3.63) is 70.7 Å². The Morgan fingerprint density at radius 2 is 1.87 bits per heavy atom. The van der Waals surface area contributed by atoms with Crippen LogP contribution in [0.1, 0.15) is 33.5 Å². The van der Waals surface area contributed by atoms with E-state index in [-0.39, 0.29) is 11.7 Å². The molecule has 0 atom stereocenters. The lowest BCUT2D eigenvalue weighted by Crippen LogP contribution is -2.35. The van der Waals surface area contributed by atoms with Crippen LogP contribution in [0, 0.1) is 31.0 Å². The molecule has 2 aromatic carbocycles. The predicted octanol–water partition coefficient (Wildman–Crippen LogP) is 4.21. The lowest BCUT2D eigenvalue weighted by Gasteiger charge is -2.26. The molecule has 0 N–H and O–H groups in total. The van der Waals surface area contributed by atoms with Gasteiger partial charge < -0.3 is 9.80 Å². The fraction of sp³-hybridized carbons (Fsp3) is 0.292. The number of anilines is 1. The molecule has 0 radical (unpaired) electrons. The molecule has 30 heavy (non-hydrogen) atoms. The van der Waals surface area contributed by atoms with Gasteiger partial charge in [-0.15, -0.1) is 0 Å².